The highest BCUT2D eigenvalue weighted by molar-refractivity contribution is 7.89. The zero-order chi connectivity index (χ0) is 13.5. The molecule has 0 atom stereocenters. The number of sulfonamides is 1. The molecule has 1 aromatic heterocycles. The molecular formula is C11H11FN2O3S. The average molecular weight is 270 g/mol. The number of nitrogens with two attached hydrogens (primary N) is 1. The van der Waals surface area contributed by atoms with Gasteiger partial charge in [-0.2, -0.15) is 0 Å². The zero-order valence-corrected chi connectivity index (χ0v) is 10.4. The van der Waals surface area contributed by atoms with Gasteiger partial charge in [0.05, 0.1) is 5.52 Å². The molecule has 0 aliphatic rings. The van der Waals surface area contributed by atoms with Gasteiger partial charge in [0, 0.05) is 18.1 Å². The predicted molar refractivity (Wildman–Crippen MR) is 65.2 cm³/mol. The third-order valence-corrected chi connectivity index (χ3v) is 3.56. The summed E-state index contributed by atoms with van der Waals surface area (Å²) in [7, 11) is -4.13. The van der Waals surface area contributed by atoms with Crippen LogP contribution in [0.3, 0.4) is 0 Å². The number of halogens is 1. The minimum atomic E-state index is -4.13. The largest absolute Gasteiger partial charge is 0.346 e. The van der Waals surface area contributed by atoms with Crippen LogP contribution in [0.5, 0.6) is 0 Å². The van der Waals surface area contributed by atoms with E-state index < -0.39 is 26.2 Å². The van der Waals surface area contributed by atoms with E-state index in [1.165, 1.54) is 22.9 Å². The Hall–Kier alpha value is -1.73. The number of rotatable bonds is 2. The maximum Gasteiger partial charge on any atom is 0.243 e. The van der Waals surface area contributed by atoms with Gasteiger partial charge in [0.15, 0.2) is 0 Å². The molecule has 1 aromatic carbocycles. The second-order valence-corrected chi connectivity index (χ2v) is 5.34. The van der Waals surface area contributed by atoms with Crippen molar-refractivity contribution in [2.75, 3.05) is 0 Å². The number of aryl methyl sites for hydroxylation is 1. The number of hydrogen-bond acceptors (Lipinski definition) is 3. The van der Waals surface area contributed by atoms with Gasteiger partial charge in [-0.25, -0.2) is 17.9 Å². The second kappa shape index (κ2) is 4.18. The van der Waals surface area contributed by atoms with E-state index in [1.807, 2.05) is 0 Å². The highest BCUT2D eigenvalue weighted by atomic mass is 32.2. The predicted octanol–water partition coefficient (Wildman–Crippen LogP) is 0.808. The lowest BCUT2D eigenvalue weighted by atomic mass is 10.2. The molecule has 0 aliphatic carbocycles. The van der Waals surface area contributed by atoms with Crippen molar-refractivity contribution in [1.29, 1.82) is 0 Å². The van der Waals surface area contributed by atoms with Crippen LogP contribution in [0.15, 0.2) is 34.1 Å². The number of aromatic nitrogens is 1. The Bertz CT molecular complexity index is 781. The third-order valence-electron chi connectivity index (χ3n) is 2.66. The quantitative estimate of drug-likeness (QED) is 0.876. The summed E-state index contributed by atoms with van der Waals surface area (Å²) in [6.45, 7) is 2.21. The van der Waals surface area contributed by atoms with Crippen LogP contribution < -0.4 is 10.6 Å². The van der Waals surface area contributed by atoms with Crippen LogP contribution in [0.25, 0.3) is 10.9 Å². The van der Waals surface area contributed by atoms with Crippen LogP contribution in [0, 0.1) is 5.82 Å². The lowest BCUT2D eigenvalue weighted by Crippen LogP contribution is -2.24. The summed E-state index contributed by atoms with van der Waals surface area (Å²) >= 11 is 0. The Balaban J connectivity index is 3.03. The molecule has 0 amide bonds. The number of fused-ring (bicyclic) bond motifs is 1. The lowest BCUT2D eigenvalue weighted by molar-refractivity contribution is 0.595. The van der Waals surface area contributed by atoms with E-state index in [4.69, 9.17) is 5.14 Å². The van der Waals surface area contributed by atoms with Crippen molar-refractivity contribution in [3.05, 3.63) is 40.4 Å². The Labute approximate surface area is 103 Å². The number of nitrogens with zero attached hydrogens (tertiary/aromatic N) is 1. The van der Waals surface area contributed by atoms with Crippen molar-refractivity contribution in [1.82, 2.24) is 4.57 Å². The molecule has 0 radical (unpaired) electrons. The first kappa shape index (κ1) is 12.7. The van der Waals surface area contributed by atoms with Crippen LogP contribution in [-0.2, 0) is 16.6 Å². The Morgan fingerprint density at radius 2 is 2.06 bits per heavy atom. The maximum atomic E-state index is 13.2. The van der Waals surface area contributed by atoms with E-state index in [2.05, 4.69) is 0 Å². The van der Waals surface area contributed by atoms with Crippen LogP contribution >= 0.6 is 0 Å². The van der Waals surface area contributed by atoms with E-state index >= 15 is 0 Å². The van der Waals surface area contributed by atoms with Gasteiger partial charge >= 0.3 is 0 Å². The summed E-state index contributed by atoms with van der Waals surface area (Å²) in [5, 5.41) is 4.98. The number of pyridine rings is 1. The molecule has 7 heteroatoms. The fourth-order valence-corrected chi connectivity index (χ4v) is 2.45. The Kier molecular flexibility index (Phi) is 2.95. The normalized spacial score (nSPS) is 11.9. The Morgan fingerprint density at radius 3 is 2.61 bits per heavy atom. The van der Waals surface area contributed by atoms with Gasteiger partial charge < -0.3 is 4.57 Å². The zero-order valence-electron chi connectivity index (χ0n) is 9.55. The molecule has 0 fully saturated rings. The molecule has 0 bridgehead atoms. The van der Waals surface area contributed by atoms with Gasteiger partial charge in [-0.05, 0) is 25.1 Å². The van der Waals surface area contributed by atoms with Gasteiger partial charge in [-0.3, -0.25) is 4.79 Å². The van der Waals surface area contributed by atoms with E-state index in [0.29, 0.717) is 12.1 Å². The van der Waals surface area contributed by atoms with Crippen molar-refractivity contribution >= 4 is 20.9 Å². The minimum absolute atomic E-state index is 0.00313. The van der Waals surface area contributed by atoms with E-state index in [1.54, 1.807) is 6.92 Å². The van der Waals surface area contributed by atoms with Gasteiger partial charge in [0.25, 0.3) is 0 Å². The molecule has 0 saturated heterocycles. The second-order valence-electron chi connectivity index (χ2n) is 3.81. The summed E-state index contributed by atoms with van der Waals surface area (Å²) in [5.74, 6) is -0.603. The highest BCUT2D eigenvalue weighted by Gasteiger charge is 2.17. The molecule has 96 valence electrons. The van der Waals surface area contributed by atoms with Crippen molar-refractivity contribution in [3.8, 4) is 0 Å². The first-order valence-corrected chi connectivity index (χ1v) is 6.74. The van der Waals surface area contributed by atoms with Crippen LogP contribution in [0.2, 0.25) is 0 Å². The molecule has 1 heterocycles. The molecule has 0 spiro atoms. The molecule has 2 N–H and O–H groups in total. The molecule has 2 rings (SSSR count). The van der Waals surface area contributed by atoms with E-state index in [9.17, 15) is 17.6 Å². The first-order valence-electron chi connectivity index (χ1n) is 5.20. The van der Waals surface area contributed by atoms with Crippen molar-refractivity contribution in [2.24, 2.45) is 5.14 Å². The fraction of sp³-hybridized carbons (Fsp3) is 0.182. The molecule has 5 nitrogen and oxygen atoms in total. The van der Waals surface area contributed by atoms with Gasteiger partial charge in [-0.15, -0.1) is 0 Å². The fourth-order valence-electron chi connectivity index (χ4n) is 1.81. The topological polar surface area (TPSA) is 82.2 Å². The van der Waals surface area contributed by atoms with Gasteiger partial charge in [-0.1, -0.05) is 0 Å². The molecule has 18 heavy (non-hydrogen) atoms. The van der Waals surface area contributed by atoms with Crippen LogP contribution in [0.4, 0.5) is 4.39 Å². The molecule has 2 aromatic rings. The smallest absolute Gasteiger partial charge is 0.243 e. The van der Waals surface area contributed by atoms with E-state index in [-0.39, 0.29) is 5.39 Å². The summed E-state index contributed by atoms with van der Waals surface area (Å²) in [4.78, 5) is 11.4. The van der Waals surface area contributed by atoms with Gasteiger partial charge in [0.1, 0.15) is 10.7 Å². The molecule has 0 saturated carbocycles. The number of benzene rings is 1. The summed E-state index contributed by atoms with van der Waals surface area (Å²) < 4.78 is 37.3. The Morgan fingerprint density at radius 1 is 1.39 bits per heavy atom. The van der Waals surface area contributed by atoms with Crippen LogP contribution in [0.1, 0.15) is 6.92 Å². The minimum Gasteiger partial charge on any atom is -0.346 e. The monoisotopic (exact) mass is 270 g/mol. The van der Waals surface area contributed by atoms with Crippen molar-refractivity contribution in [2.45, 2.75) is 18.4 Å². The SMILES string of the molecule is CCn1cc(S(N)(=O)=O)c(=O)c2cc(F)ccc21. The lowest BCUT2D eigenvalue weighted by Gasteiger charge is -2.10. The number of primary sulfonamides is 1. The molecular weight excluding hydrogens is 259 g/mol. The summed E-state index contributed by atoms with van der Waals surface area (Å²) in [6.07, 6.45) is 1.18. The standard InChI is InChI=1S/C11H11FN2O3S/c1-2-14-6-10(18(13,16)17)11(15)8-5-7(12)3-4-9(8)14/h3-6H,2H2,1H3,(H2,13,16,17). The highest BCUT2D eigenvalue weighted by Crippen LogP contribution is 2.15. The van der Waals surface area contributed by atoms with Crippen molar-refractivity contribution < 1.29 is 12.8 Å². The van der Waals surface area contributed by atoms with E-state index in [0.717, 1.165) is 6.07 Å². The first-order chi connectivity index (χ1) is 8.34. The van der Waals surface area contributed by atoms with Crippen LogP contribution in [-0.4, -0.2) is 13.0 Å². The molecule has 0 unspecified atom stereocenters. The van der Waals surface area contributed by atoms with Crippen molar-refractivity contribution in [3.63, 3.8) is 0 Å². The average Bonchev–Trinajstić information content (AvgIpc) is 2.28. The third kappa shape index (κ3) is 2.02. The molecule has 0 aliphatic heterocycles. The number of hydrogen-bond donors (Lipinski definition) is 1. The van der Waals surface area contributed by atoms with Gasteiger partial charge in [0.2, 0.25) is 15.5 Å². The summed E-state index contributed by atoms with van der Waals surface area (Å²) in [6, 6.07) is 3.66. The summed E-state index contributed by atoms with van der Waals surface area (Å²) in [5.41, 5.74) is -0.312. The maximum absolute atomic E-state index is 13.2.